The Balaban J connectivity index is 1.80. The highest BCUT2D eigenvalue weighted by Gasteiger charge is 2.28. The van der Waals surface area contributed by atoms with E-state index in [9.17, 15) is 0 Å². The highest BCUT2D eigenvalue weighted by molar-refractivity contribution is 9.10. The van der Waals surface area contributed by atoms with Crippen molar-refractivity contribution in [2.45, 2.75) is 44.6 Å². The number of aromatic nitrogens is 1. The Hall–Kier alpha value is -1.20. The third-order valence-electron chi connectivity index (χ3n) is 6.28. The normalized spacial score (nSPS) is 22.1. The van der Waals surface area contributed by atoms with Crippen LogP contribution in [0.1, 0.15) is 48.1 Å². The third-order valence-corrected chi connectivity index (χ3v) is 6.95. The number of halogens is 2. The zero-order valence-electron chi connectivity index (χ0n) is 17.2. The van der Waals surface area contributed by atoms with Crippen molar-refractivity contribution in [1.29, 1.82) is 0 Å². The molecular weight excluding hydrogens is 448 g/mol. The molecule has 2 aliphatic rings. The largest absolute Gasteiger partial charge is 0.385 e. The molecule has 1 fully saturated rings. The van der Waals surface area contributed by atoms with Crippen molar-refractivity contribution in [1.82, 2.24) is 9.88 Å². The fourth-order valence-electron chi connectivity index (χ4n) is 4.71. The number of pyridine rings is 1. The molecule has 1 aromatic heterocycles. The minimum atomic E-state index is 0.555. The highest BCUT2D eigenvalue weighted by atomic mass is 79.9. The Morgan fingerprint density at radius 2 is 2.03 bits per heavy atom. The van der Waals surface area contributed by atoms with Crippen LogP contribution in [0.25, 0.3) is 5.57 Å². The van der Waals surface area contributed by atoms with Gasteiger partial charge in [0.1, 0.15) is 0 Å². The van der Waals surface area contributed by atoms with Gasteiger partial charge in [-0.15, -0.1) is 0 Å². The average molecular weight is 476 g/mol. The summed E-state index contributed by atoms with van der Waals surface area (Å²) in [6, 6.07) is 9.16. The number of likely N-dealkylation sites (tertiary alicyclic amines) is 1. The number of methoxy groups -OCH3 is 1. The van der Waals surface area contributed by atoms with E-state index in [1.807, 2.05) is 12.3 Å². The second-order valence-corrected chi connectivity index (χ2v) is 9.52. The van der Waals surface area contributed by atoms with Gasteiger partial charge in [0.25, 0.3) is 0 Å². The number of fused-ring (bicyclic) bond motifs is 2. The van der Waals surface area contributed by atoms with Crippen LogP contribution in [-0.4, -0.2) is 43.2 Å². The smallest absolute Gasteiger partial charge is 0.0740 e. The molecule has 1 aliphatic carbocycles. The van der Waals surface area contributed by atoms with Gasteiger partial charge in [-0.25, -0.2) is 0 Å². The molecule has 2 aromatic rings. The second-order valence-electron chi connectivity index (χ2n) is 8.16. The summed E-state index contributed by atoms with van der Waals surface area (Å²) in [5.41, 5.74) is 8.02. The van der Waals surface area contributed by atoms with Crippen LogP contribution in [0.2, 0.25) is 5.02 Å². The van der Waals surface area contributed by atoms with Gasteiger partial charge in [-0.05, 0) is 96.4 Å². The summed E-state index contributed by atoms with van der Waals surface area (Å²) < 4.78 is 6.33. The summed E-state index contributed by atoms with van der Waals surface area (Å²) in [7, 11) is 4.04. The molecule has 1 aliphatic heterocycles. The predicted molar refractivity (Wildman–Crippen MR) is 124 cm³/mol. The first-order chi connectivity index (χ1) is 14.1. The quantitative estimate of drug-likeness (QED) is 0.513. The number of ether oxygens (including phenoxy) is 1. The first kappa shape index (κ1) is 21.0. The molecule has 4 rings (SSSR count). The lowest BCUT2D eigenvalue weighted by atomic mass is 9.85. The van der Waals surface area contributed by atoms with E-state index in [0.29, 0.717) is 6.04 Å². The first-order valence-electron chi connectivity index (χ1n) is 10.4. The maximum Gasteiger partial charge on any atom is 0.0740 e. The fraction of sp³-hybridized carbons (Fsp3) is 0.458. The summed E-state index contributed by atoms with van der Waals surface area (Å²) >= 11 is 9.97. The number of rotatable bonds is 4. The van der Waals surface area contributed by atoms with Gasteiger partial charge >= 0.3 is 0 Å². The lowest BCUT2D eigenvalue weighted by Gasteiger charge is -2.35. The lowest BCUT2D eigenvalue weighted by molar-refractivity contribution is 0.160. The van der Waals surface area contributed by atoms with E-state index in [1.165, 1.54) is 27.8 Å². The fourth-order valence-corrected chi connectivity index (χ4v) is 5.29. The Morgan fingerprint density at radius 1 is 1.21 bits per heavy atom. The number of hydrogen-bond acceptors (Lipinski definition) is 3. The van der Waals surface area contributed by atoms with Gasteiger partial charge in [0.05, 0.1) is 5.69 Å². The molecule has 29 heavy (non-hydrogen) atoms. The zero-order chi connectivity index (χ0) is 20.4. The molecule has 1 unspecified atom stereocenters. The van der Waals surface area contributed by atoms with E-state index >= 15 is 0 Å². The van der Waals surface area contributed by atoms with Gasteiger partial charge < -0.3 is 9.64 Å². The molecule has 0 radical (unpaired) electrons. The van der Waals surface area contributed by atoms with E-state index < -0.39 is 0 Å². The van der Waals surface area contributed by atoms with E-state index in [-0.39, 0.29) is 0 Å². The molecule has 0 saturated carbocycles. The lowest BCUT2D eigenvalue weighted by Crippen LogP contribution is -2.37. The maximum absolute atomic E-state index is 6.36. The van der Waals surface area contributed by atoms with Gasteiger partial charge in [0.2, 0.25) is 0 Å². The van der Waals surface area contributed by atoms with E-state index in [4.69, 9.17) is 21.3 Å². The van der Waals surface area contributed by atoms with Gasteiger partial charge in [-0.3, -0.25) is 4.98 Å². The minimum absolute atomic E-state index is 0.555. The van der Waals surface area contributed by atoms with Crippen LogP contribution < -0.4 is 0 Å². The van der Waals surface area contributed by atoms with E-state index in [2.05, 4.69) is 46.1 Å². The molecule has 2 heterocycles. The molecule has 1 saturated heterocycles. The van der Waals surface area contributed by atoms with Gasteiger partial charge in [0, 0.05) is 47.6 Å². The van der Waals surface area contributed by atoms with E-state index in [1.54, 1.807) is 7.11 Å². The highest BCUT2D eigenvalue weighted by Crippen LogP contribution is 2.40. The molecule has 1 atom stereocenters. The van der Waals surface area contributed by atoms with Gasteiger partial charge in [-0.1, -0.05) is 23.2 Å². The van der Waals surface area contributed by atoms with Crippen LogP contribution in [0.4, 0.5) is 0 Å². The van der Waals surface area contributed by atoms with Crippen LogP contribution in [-0.2, 0) is 17.6 Å². The van der Waals surface area contributed by atoms with Crippen molar-refractivity contribution in [2.75, 3.05) is 27.3 Å². The summed E-state index contributed by atoms with van der Waals surface area (Å²) in [4.78, 5) is 7.41. The molecule has 1 aromatic carbocycles. The average Bonchev–Trinajstić information content (AvgIpc) is 2.86. The number of benzene rings is 1. The van der Waals surface area contributed by atoms with Crippen molar-refractivity contribution < 1.29 is 4.74 Å². The Morgan fingerprint density at radius 3 is 2.86 bits per heavy atom. The number of aryl methyl sites for hydroxylation is 2. The molecular formula is C24H28BrClN2O. The minimum Gasteiger partial charge on any atom is -0.385 e. The Labute approximate surface area is 187 Å². The van der Waals surface area contributed by atoms with Gasteiger partial charge in [-0.2, -0.15) is 0 Å². The number of hydrogen-bond donors (Lipinski definition) is 0. The van der Waals surface area contributed by atoms with Crippen LogP contribution in [0.5, 0.6) is 0 Å². The topological polar surface area (TPSA) is 25.4 Å². The standard InChI is InChI=1S/C24H28BrClN2O/c1-28-10-9-17(14-21(28)4-3-11-29-2)23-22-8-7-20(26)13-16(22)5-6-18-12-19(25)15-27-24(18)23/h7-8,12-13,15,21H,3-6,9-11,14H2,1-2H3. The van der Waals surface area contributed by atoms with E-state index in [0.717, 1.165) is 66.9 Å². The molecule has 154 valence electrons. The maximum atomic E-state index is 6.36. The van der Waals surface area contributed by atoms with Gasteiger partial charge in [0.15, 0.2) is 0 Å². The predicted octanol–water partition coefficient (Wildman–Crippen LogP) is 5.92. The zero-order valence-corrected chi connectivity index (χ0v) is 19.5. The molecule has 3 nitrogen and oxygen atoms in total. The van der Waals surface area contributed by atoms with Crippen molar-refractivity contribution >= 4 is 33.1 Å². The summed E-state index contributed by atoms with van der Waals surface area (Å²) in [5, 5.41) is 0.814. The van der Waals surface area contributed by atoms with Crippen molar-refractivity contribution in [3.8, 4) is 0 Å². The van der Waals surface area contributed by atoms with Crippen LogP contribution >= 0.6 is 27.5 Å². The van der Waals surface area contributed by atoms with Crippen molar-refractivity contribution in [2.24, 2.45) is 0 Å². The first-order valence-corrected chi connectivity index (χ1v) is 11.6. The molecule has 0 N–H and O–H groups in total. The van der Waals surface area contributed by atoms with Crippen LogP contribution in [0, 0.1) is 0 Å². The van der Waals surface area contributed by atoms with Crippen molar-refractivity contribution in [3.63, 3.8) is 0 Å². The number of piperidine rings is 1. The number of nitrogens with zero attached hydrogens (tertiary/aromatic N) is 2. The monoisotopic (exact) mass is 474 g/mol. The summed E-state index contributed by atoms with van der Waals surface area (Å²) in [6.45, 7) is 1.92. The third kappa shape index (κ3) is 4.61. The molecule has 0 spiro atoms. The Bertz CT molecular complexity index is 872. The van der Waals surface area contributed by atoms with Crippen LogP contribution in [0.3, 0.4) is 0 Å². The van der Waals surface area contributed by atoms with Crippen molar-refractivity contribution in [3.05, 3.63) is 67.9 Å². The van der Waals surface area contributed by atoms with Crippen LogP contribution in [0.15, 0.2) is 40.5 Å². The second kappa shape index (κ2) is 9.30. The Kier molecular flexibility index (Phi) is 6.75. The molecule has 5 heteroatoms. The SMILES string of the molecule is COCCCC1CC(=C2c3ccc(Cl)cc3CCc3cc(Br)cnc32)CCN1C. The molecule has 0 amide bonds. The molecule has 0 bridgehead atoms. The summed E-state index contributed by atoms with van der Waals surface area (Å²) in [6.07, 6.45) is 8.36. The summed E-state index contributed by atoms with van der Waals surface area (Å²) in [5.74, 6) is 0.